The lowest BCUT2D eigenvalue weighted by atomic mass is 10.1. The molecule has 0 saturated carbocycles. The Labute approximate surface area is 92.0 Å². The van der Waals surface area contributed by atoms with Gasteiger partial charge in [0.1, 0.15) is 6.04 Å². The third-order valence-electron chi connectivity index (χ3n) is 3.08. The van der Waals surface area contributed by atoms with Crippen LogP contribution in [0.5, 0.6) is 0 Å². The number of hydrogen-bond donors (Lipinski definition) is 1. The van der Waals surface area contributed by atoms with Gasteiger partial charge in [-0.3, -0.25) is 4.79 Å². The lowest BCUT2D eigenvalue weighted by Gasteiger charge is -2.16. The fourth-order valence-corrected chi connectivity index (χ4v) is 1.97. The monoisotopic (exact) mass is 214 g/mol. The molecule has 1 heterocycles. The van der Waals surface area contributed by atoms with Crippen LogP contribution >= 0.6 is 0 Å². The predicted octanol–water partition coefficient (Wildman–Crippen LogP) is 0.479. The molecule has 0 aromatic carbocycles. The average molecular weight is 214 g/mol. The van der Waals surface area contributed by atoms with Gasteiger partial charge in [-0.05, 0) is 32.4 Å². The number of methoxy groups -OCH3 is 1. The van der Waals surface area contributed by atoms with Crippen LogP contribution in [0.2, 0.25) is 0 Å². The molecule has 0 spiro atoms. The van der Waals surface area contributed by atoms with E-state index in [1.165, 1.54) is 20.1 Å². The van der Waals surface area contributed by atoms with Gasteiger partial charge in [0.2, 0.25) is 0 Å². The number of nitrogens with zero attached hydrogens (tertiary/aromatic N) is 1. The first-order chi connectivity index (χ1) is 7.17. The summed E-state index contributed by atoms with van der Waals surface area (Å²) in [6.07, 6.45) is 1.23. The molecule has 0 aromatic heterocycles. The summed E-state index contributed by atoms with van der Waals surface area (Å²) in [5, 5.41) is 3.22. The minimum atomic E-state index is -0.189. The number of carbonyl (C=O) groups is 1. The van der Waals surface area contributed by atoms with Gasteiger partial charge in [0.05, 0.1) is 7.11 Å². The van der Waals surface area contributed by atoms with Gasteiger partial charge in [0, 0.05) is 13.1 Å². The van der Waals surface area contributed by atoms with Crippen molar-refractivity contribution in [3.63, 3.8) is 0 Å². The Morgan fingerprint density at radius 2 is 2.40 bits per heavy atom. The highest BCUT2D eigenvalue weighted by Gasteiger charge is 2.22. The highest BCUT2D eigenvalue weighted by Crippen LogP contribution is 2.14. The van der Waals surface area contributed by atoms with E-state index in [1.807, 2.05) is 6.92 Å². The molecule has 1 fully saturated rings. The van der Waals surface area contributed by atoms with E-state index in [9.17, 15) is 4.79 Å². The van der Waals surface area contributed by atoms with Crippen molar-refractivity contribution in [2.24, 2.45) is 5.92 Å². The molecule has 1 aliphatic rings. The third kappa shape index (κ3) is 3.80. The second-order valence-corrected chi connectivity index (χ2v) is 4.20. The molecule has 1 aliphatic heterocycles. The molecule has 0 amide bonds. The number of hydrogen-bond acceptors (Lipinski definition) is 4. The molecular formula is C11H22N2O2. The molecule has 4 nitrogen and oxygen atoms in total. The maximum Gasteiger partial charge on any atom is 0.322 e. The Balaban J connectivity index is 2.18. The van der Waals surface area contributed by atoms with Crippen LogP contribution in [0.25, 0.3) is 0 Å². The molecule has 2 atom stereocenters. The molecule has 0 radical (unpaired) electrons. The summed E-state index contributed by atoms with van der Waals surface area (Å²) in [4.78, 5) is 13.6. The summed E-state index contributed by atoms with van der Waals surface area (Å²) >= 11 is 0. The fourth-order valence-electron chi connectivity index (χ4n) is 1.97. The minimum absolute atomic E-state index is 0.180. The van der Waals surface area contributed by atoms with E-state index in [4.69, 9.17) is 0 Å². The van der Waals surface area contributed by atoms with Crippen LogP contribution < -0.4 is 5.32 Å². The predicted molar refractivity (Wildman–Crippen MR) is 59.7 cm³/mol. The van der Waals surface area contributed by atoms with Crippen molar-refractivity contribution >= 4 is 5.97 Å². The number of carbonyl (C=O) groups excluding carboxylic acids is 1. The number of rotatable bonds is 5. The summed E-state index contributed by atoms with van der Waals surface area (Å²) in [6, 6.07) is -0.189. The van der Waals surface area contributed by atoms with Gasteiger partial charge in [-0.25, -0.2) is 0 Å². The third-order valence-corrected chi connectivity index (χ3v) is 3.08. The van der Waals surface area contributed by atoms with Gasteiger partial charge in [-0.1, -0.05) is 6.92 Å². The molecule has 88 valence electrons. The summed E-state index contributed by atoms with van der Waals surface area (Å²) in [6.45, 7) is 8.41. The van der Waals surface area contributed by atoms with E-state index in [0.717, 1.165) is 19.6 Å². The van der Waals surface area contributed by atoms with Gasteiger partial charge < -0.3 is 15.0 Å². The smallest absolute Gasteiger partial charge is 0.322 e. The largest absolute Gasteiger partial charge is 0.468 e. The SMILES string of the molecule is CCN1CCC(CNC(C)C(=O)OC)C1. The summed E-state index contributed by atoms with van der Waals surface area (Å²) in [5.74, 6) is 0.498. The summed E-state index contributed by atoms with van der Waals surface area (Å²) in [7, 11) is 1.43. The first-order valence-electron chi connectivity index (χ1n) is 5.71. The van der Waals surface area contributed by atoms with E-state index in [2.05, 4.69) is 21.9 Å². The molecule has 1 N–H and O–H groups in total. The van der Waals surface area contributed by atoms with E-state index in [0.29, 0.717) is 5.92 Å². The summed E-state index contributed by atoms with van der Waals surface area (Å²) < 4.78 is 4.66. The molecule has 4 heteroatoms. The number of likely N-dealkylation sites (tertiary alicyclic amines) is 1. The van der Waals surface area contributed by atoms with Gasteiger partial charge in [-0.15, -0.1) is 0 Å². The van der Waals surface area contributed by atoms with E-state index in [1.54, 1.807) is 0 Å². The zero-order valence-electron chi connectivity index (χ0n) is 9.95. The Kier molecular flexibility index (Phi) is 5.05. The molecule has 15 heavy (non-hydrogen) atoms. The van der Waals surface area contributed by atoms with Gasteiger partial charge in [0.25, 0.3) is 0 Å². The van der Waals surface area contributed by atoms with Crippen molar-refractivity contribution in [3.05, 3.63) is 0 Å². The highest BCUT2D eigenvalue weighted by molar-refractivity contribution is 5.75. The zero-order valence-corrected chi connectivity index (χ0v) is 9.95. The molecule has 1 rings (SSSR count). The number of ether oxygens (including phenoxy) is 1. The lowest BCUT2D eigenvalue weighted by molar-refractivity contribution is -0.142. The second-order valence-electron chi connectivity index (χ2n) is 4.20. The van der Waals surface area contributed by atoms with E-state index >= 15 is 0 Å². The summed E-state index contributed by atoms with van der Waals surface area (Å²) in [5.41, 5.74) is 0. The van der Waals surface area contributed by atoms with Crippen molar-refractivity contribution < 1.29 is 9.53 Å². The van der Waals surface area contributed by atoms with Crippen molar-refractivity contribution in [2.75, 3.05) is 33.3 Å². The fraction of sp³-hybridized carbons (Fsp3) is 0.909. The van der Waals surface area contributed by atoms with Crippen LogP contribution in [-0.4, -0.2) is 50.2 Å². The highest BCUT2D eigenvalue weighted by atomic mass is 16.5. The van der Waals surface area contributed by atoms with E-state index < -0.39 is 0 Å². The standard InChI is InChI=1S/C11H22N2O2/c1-4-13-6-5-10(8-13)7-12-9(2)11(14)15-3/h9-10,12H,4-8H2,1-3H3. The molecule has 0 bridgehead atoms. The Hall–Kier alpha value is -0.610. The second kappa shape index (κ2) is 6.08. The van der Waals surface area contributed by atoms with Crippen molar-refractivity contribution in [1.82, 2.24) is 10.2 Å². The maximum absolute atomic E-state index is 11.1. The van der Waals surface area contributed by atoms with Crippen molar-refractivity contribution in [3.8, 4) is 0 Å². The Bertz CT molecular complexity index is 209. The quantitative estimate of drug-likeness (QED) is 0.676. The molecule has 1 saturated heterocycles. The maximum atomic E-state index is 11.1. The molecule has 0 aromatic rings. The lowest BCUT2D eigenvalue weighted by Crippen LogP contribution is -2.38. The molecule has 0 aliphatic carbocycles. The van der Waals surface area contributed by atoms with Crippen LogP contribution in [-0.2, 0) is 9.53 Å². The van der Waals surface area contributed by atoms with Crippen molar-refractivity contribution in [1.29, 1.82) is 0 Å². The van der Waals surface area contributed by atoms with Gasteiger partial charge >= 0.3 is 5.97 Å². The van der Waals surface area contributed by atoms with E-state index in [-0.39, 0.29) is 12.0 Å². The minimum Gasteiger partial charge on any atom is -0.468 e. The topological polar surface area (TPSA) is 41.6 Å². The Morgan fingerprint density at radius 3 is 2.93 bits per heavy atom. The zero-order chi connectivity index (χ0) is 11.3. The Morgan fingerprint density at radius 1 is 1.67 bits per heavy atom. The first kappa shape index (κ1) is 12.5. The molecular weight excluding hydrogens is 192 g/mol. The number of esters is 1. The molecule has 2 unspecified atom stereocenters. The normalized spacial score (nSPS) is 24.1. The van der Waals surface area contributed by atoms with Crippen LogP contribution in [0.4, 0.5) is 0 Å². The van der Waals surface area contributed by atoms with Crippen molar-refractivity contribution in [2.45, 2.75) is 26.3 Å². The van der Waals surface area contributed by atoms with Gasteiger partial charge in [-0.2, -0.15) is 0 Å². The first-order valence-corrected chi connectivity index (χ1v) is 5.71. The van der Waals surface area contributed by atoms with Crippen LogP contribution in [0.1, 0.15) is 20.3 Å². The van der Waals surface area contributed by atoms with Crippen LogP contribution in [0.15, 0.2) is 0 Å². The van der Waals surface area contributed by atoms with Crippen LogP contribution in [0.3, 0.4) is 0 Å². The number of nitrogens with one attached hydrogen (secondary N) is 1. The average Bonchev–Trinajstić information content (AvgIpc) is 2.72. The van der Waals surface area contributed by atoms with Crippen LogP contribution in [0, 0.1) is 5.92 Å². The van der Waals surface area contributed by atoms with Gasteiger partial charge in [0.15, 0.2) is 0 Å².